The Kier molecular flexibility index (Phi) is 23.9. The highest BCUT2D eigenvalue weighted by Gasteiger charge is 2.40. The number of likely N-dealkylation sites (tertiary alicyclic amines) is 1. The SMILES string of the molecule is COC1CC(CC(C)[C@H](CC(=O)C(C)/C=C(\C)[C@@H](O)C(OC)C(=O)C(C)C[C@H](C)/C=C/C=C/C=C(\C)[C@H](C[C@@H]2CCC(C)C(O)O2)OC)OC(=O)C2CCCCN2C(=O)C(C)=O)CCC1n1ncnn1. The van der Waals surface area contributed by atoms with Crippen molar-refractivity contribution in [1.29, 1.82) is 0 Å². The van der Waals surface area contributed by atoms with Gasteiger partial charge in [0.2, 0.25) is 5.78 Å². The lowest BCUT2D eigenvalue weighted by Crippen LogP contribution is -2.51. The fourth-order valence-electron chi connectivity index (χ4n) is 10.3. The number of esters is 1. The molecule has 1 saturated carbocycles. The van der Waals surface area contributed by atoms with E-state index in [0.29, 0.717) is 50.5 Å². The van der Waals surface area contributed by atoms with Gasteiger partial charge in [-0.1, -0.05) is 71.1 Å². The van der Waals surface area contributed by atoms with Gasteiger partial charge in [-0.15, -0.1) is 10.2 Å². The molecule has 1 aliphatic carbocycles. The van der Waals surface area contributed by atoms with E-state index in [1.54, 1.807) is 38.9 Å². The summed E-state index contributed by atoms with van der Waals surface area (Å²) in [6, 6.07) is -1.01. The van der Waals surface area contributed by atoms with E-state index in [4.69, 9.17) is 23.7 Å². The van der Waals surface area contributed by atoms with Crippen LogP contribution in [0.1, 0.15) is 138 Å². The lowest BCUT2D eigenvalue weighted by Gasteiger charge is -2.37. The predicted molar refractivity (Wildman–Crippen MR) is 263 cm³/mol. The van der Waals surface area contributed by atoms with E-state index in [2.05, 4.69) is 15.4 Å². The second kappa shape index (κ2) is 28.7. The Bertz CT molecular complexity index is 1970. The number of allylic oxidation sites excluding steroid dienone is 6. The highest BCUT2D eigenvalue weighted by atomic mass is 16.6. The van der Waals surface area contributed by atoms with Crippen LogP contribution in [0.15, 0.2) is 53.9 Å². The largest absolute Gasteiger partial charge is 0.460 e. The molecule has 3 heterocycles. The smallest absolute Gasteiger partial charge is 0.329 e. The van der Waals surface area contributed by atoms with Crippen molar-refractivity contribution in [1.82, 2.24) is 25.1 Å². The van der Waals surface area contributed by atoms with Crippen molar-refractivity contribution in [3.8, 4) is 0 Å². The van der Waals surface area contributed by atoms with Crippen molar-refractivity contribution in [3.05, 3.63) is 53.9 Å². The summed E-state index contributed by atoms with van der Waals surface area (Å²) in [7, 11) is 4.72. The van der Waals surface area contributed by atoms with E-state index in [9.17, 15) is 34.2 Å². The number of amides is 1. The normalized spacial score (nSPS) is 27.3. The number of ketones is 3. The predicted octanol–water partition coefficient (Wildman–Crippen LogP) is 6.68. The van der Waals surface area contributed by atoms with Crippen molar-refractivity contribution in [2.45, 2.75) is 187 Å². The fraction of sp³-hybridized carbons (Fsp3) is 0.736. The van der Waals surface area contributed by atoms with Crippen LogP contribution in [0, 0.1) is 35.5 Å². The Balaban J connectivity index is 1.38. The number of hydrogen-bond donors (Lipinski definition) is 2. The summed E-state index contributed by atoms with van der Waals surface area (Å²) < 4.78 is 29.2. The van der Waals surface area contributed by atoms with Gasteiger partial charge in [0, 0.05) is 65.4 Å². The summed E-state index contributed by atoms with van der Waals surface area (Å²) >= 11 is 0. The molecule has 70 heavy (non-hydrogen) atoms. The van der Waals surface area contributed by atoms with Crippen molar-refractivity contribution in [2.24, 2.45) is 35.5 Å². The quantitative estimate of drug-likeness (QED) is 0.0428. The first-order chi connectivity index (χ1) is 33.3. The molecule has 2 saturated heterocycles. The summed E-state index contributed by atoms with van der Waals surface area (Å²) in [6.07, 6.45) is 15.9. The van der Waals surface area contributed by atoms with E-state index in [1.165, 1.54) is 25.3 Å². The second-order valence-corrected chi connectivity index (χ2v) is 20.4. The number of aliphatic hydroxyl groups excluding tert-OH is 2. The highest BCUT2D eigenvalue weighted by molar-refractivity contribution is 6.35. The van der Waals surface area contributed by atoms with Gasteiger partial charge in [-0.3, -0.25) is 19.2 Å². The molecule has 0 radical (unpaired) electrons. The summed E-state index contributed by atoms with van der Waals surface area (Å²) in [5.41, 5.74) is 1.44. The first-order valence-electron chi connectivity index (χ1n) is 25.4. The molecular formula is C53H83N5O12. The summed E-state index contributed by atoms with van der Waals surface area (Å²) in [5.74, 6) is -3.60. The minimum atomic E-state index is -1.31. The van der Waals surface area contributed by atoms with Crippen LogP contribution in [0.2, 0.25) is 0 Å². The Morgan fingerprint density at radius 1 is 0.900 bits per heavy atom. The molecule has 15 atom stereocenters. The maximum Gasteiger partial charge on any atom is 0.329 e. The first kappa shape index (κ1) is 58.3. The molecule has 0 aromatic carbocycles. The molecular weight excluding hydrogens is 899 g/mol. The molecule has 392 valence electrons. The lowest BCUT2D eigenvalue weighted by molar-refractivity contribution is -0.195. The number of nitrogens with zero attached hydrogens (tertiary/aromatic N) is 5. The van der Waals surface area contributed by atoms with Crippen LogP contribution in [0.5, 0.6) is 0 Å². The molecule has 10 unspecified atom stereocenters. The summed E-state index contributed by atoms with van der Waals surface area (Å²) in [6.45, 7) is 14.6. The molecule has 2 aliphatic heterocycles. The summed E-state index contributed by atoms with van der Waals surface area (Å²) in [5, 5.41) is 33.8. The van der Waals surface area contributed by atoms with Crippen LogP contribution in [0.25, 0.3) is 0 Å². The number of carbonyl (C=O) groups is 5. The number of hydrogen-bond acceptors (Lipinski definition) is 15. The molecule has 1 aromatic rings. The van der Waals surface area contributed by atoms with Crippen molar-refractivity contribution < 1.29 is 57.9 Å². The molecule has 17 nitrogen and oxygen atoms in total. The van der Waals surface area contributed by atoms with Gasteiger partial charge in [-0.2, -0.15) is 4.80 Å². The molecule has 1 amide bonds. The van der Waals surface area contributed by atoms with Gasteiger partial charge in [-0.05, 0) is 112 Å². The van der Waals surface area contributed by atoms with E-state index >= 15 is 0 Å². The van der Waals surface area contributed by atoms with Crippen molar-refractivity contribution in [2.75, 3.05) is 27.9 Å². The molecule has 1 aromatic heterocycles. The maximum atomic E-state index is 14.1. The second-order valence-electron chi connectivity index (χ2n) is 20.4. The zero-order valence-corrected chi connectivity index (χ0v) is 43.6. The third kappa shape index (κ3) is 16.9. The van der Waals surface area contributed by atoms with Gasteiger partial charge in [-0.25, -0.2) is 4.79 Å². The number of Topliss-reactive ketones (excluding diaryl/α,β-unsaturated/α-hetero) is 3. The maximum absolute atomic E-state index is 14.1. The number of aliphatic hydroxyl groups is 2. The number of ether oxygens (including phenoxy) is 5. The minimum absolute atomic E-state index is 0.0372. The van der Waals surface area contributed by atoms with Gasteiger partial charge >= 0.3 is 5.97 Å². The first-order valence-corrected chi connectivity index (χ1v) is 25.4. The van der Waals surface area contributed by atoms with Gasteiger partial charge < -0.3 is 38.8 Å². The fourth-order valence-corrected chi connectivity index (χ4v) is 10.3. The van der Waals surface area contributed by atoms with E-state index in [-0.39, 0.29) is 72.6 Å². The summed E-state index contributed by atoms with van der Waals surface area (Å²) in [4.78, 5) is 69.6. The standard InChI is InChI=1S/C53H83N5O12/c1-32(17-13-12-14-18-33(2)45(66-9)29-41-22-20-34(3)52(64)69-41)25-37(6)48(61)50(68-11)49(62)38(7)26-35(4)44(60)30-46(70-53(65)43-19-15-16-24-57(43)51(63)39(8)59)36(5)27-40-21-23-42(47(28-40)67-10)58-55-31-54-56-58/h12-14,17-18,26,31-32,34-37,40-43,45-47,49-50,52,62,64H,15-16,19-25,27-30H2,1-11H3/b14-12+,17-13+,33-18+,38-26+/t32-,34?,35?,36?,37?,40?,41+,42?,43?,45+,46+,47?,49-,50?,52?/m1/s1. The molecule has 0 bridgehead atoms. The Morgan fingerprint density at radius 3 is 2.29 bits per heavy atom. The number of methoxy groups -OCH3 is 3. The highest BCUT2D eigenvalue weighted by Crippen LogP contribution is 2.38. The zero-order chi connectivity index (χ0) is 51.7. The van der Waals surface area contributed by atoms with Crippen molar-refractivity contribution in [3.63, 3.8) is 0 Å². The topological polar surface area (TPSA) is 219 Å². The molecule has 3 aliphatic rings. The number of tetrazole rings is 1. The van der Waals surface area contributed by atoms with E-state index < -0.39 is 60.1 Å². The van der Waals surface area contributed by atoms with Crippen LogP contribution in [0.4, 0.5) is 0 Å². The number of piperidine rings is 1. The van der Waals surface area contributed by atoms with E-state index in [0.717, 1.165) is 31.3 Å². The molecule has 4 rings (SSSR count). The molecule has 0 spiro atoms. The van der Waals surface area contributed by atoms with Crippen LogP contribution < -0.4 is 0 Å². The third-order valence-corrected chi connectivity index (χ3v) is 14.7. The van der Waals surface area contributed by atoms with Crippen LogP contribution >= 0.6 is 0 Å². The third-order valence-electron chi connectivity index (χ3n) is 14.7. The van der Waals surface area contributed by atoms with E-state index in [1.807, 2.05) is 65.0 Å². The van der Waals surface area contributed by atoms with Crippen LogP contribution in [-0.4, -0.2) is 141 Å². The Hall–Kier alpha value is -4.26. The van der Waals surface area contributed by atoms with Gasteiger partial charge in [0.15, 0.2) is 18.4 Å². The van der Waals surface area contributed by atoms with Gasteiger partial charge in [0.25, 0.3) is 5.91 Å². The molecule has 3 fully saturated rings. The number of aromatic nitrogens is 4. The van der Waals surface area contributed by atoms with Crippen LogP contribution in [0.3, 0.4) is 0 Å². The number of carbonyl (C=O) groups excluding carboxylic acids is 5. The molecule has 2 N–H and O–H groups in total. The molecule has 17 heteroatoms. The van der Waals surface area contributed by atoms with Gasteiger partial charge in [0.1, 0.15) is 30.1 Å². The van der Waals surface area contributed by atoms with Crippen LogP contribution in [-0.2, 0) is 47.7 Å². The number of rotatable bonds is 26. The van der Waals surface area contributed by atoms with Gasteiger partial charge in [0.05, 0.1) is 24.4 Å². The van der Waals surface area contributed by atoms with Crippen molar-refractivity contribution >= 4 is 29.2 Å². The lowest BCUT2D eigenvalue weighted by atomic mass is 9.77. The minimum Gasteiger partial charge on any atom is -0.460 e. The zero-order valence-electron chi connectivity index (χ0n) is 43.6. The monoisotopic (exact) mass is 982 g/mol. The Morgan fingerprint density at radius 2 is 1.64 bits per heavy atom. The average molecular weight is 982 g/mol. The average Bonchev–Trinajstić information content (AvgIpc) is 3.88. The Labute approximate surface area is 415 Å².